The number of hydrogen-bond donors (Lipinski definition) is 1. The average molecular weight is 359 g/mol. The Morgan fingerprint density at radius 3 is 2.35 bits per heavy atom. The van der Waals surface area contributed by atoms with Gasteiger partial charge in [-0.15, -0.1) is 0 Å². The molecule has 7 nitrogen and oxygen atoms in total. The molecule has 140 valence electrons. The lowest BCUT2D eigenvalue weighted by molar-refractivity contribution is -0.155. The highest BCUT2D eigenvalue weighted by atomic mass is 16.4. The molecule has 1 unspecified atom stereocenters. The van der Waals surface area contributed by atoms with Crippen molar-refractivity contribution in [3.63, 3.8) is 0 Å². The summed E-state index contributed by atoms with van der Waals surface area (Å²) >= 11 is 0. The minimum Gasteiger partial charge on any atom is -0.480 e. The first-order valence-corrected chi connectivity index (χ1v) is 9.12. The van der Waals surface area contributed by atoms with Crippen LogP contribution in [0.25, 0.3) is 11.0 Å². The second-order valence-electron chi connectivity index (χ2n) is 7.05. The number of aliphatic carboxylic acids is 1. The van der Waals surface area contributed by atoms with Crippen LogP contribution < -0.4 is 5.69 Å². The van der Waals surface area contributed by atoms with Crippen LogP contribution in [0.5, 0.6) is 0 Å². The van der Waals surface area contributed by atoms with Gasteiger partial charge in [0, 0.05) is 26.1 Å². The van der Waals surface area contributed by atoms with Gasteiger partial charge in [0.2, 0.25) is 5.91 Å². The molecular formula is C19H25N3O4. The summed E-state index contributed by atoms with van der Waals surface area (Å²) in [7, 11) is 0. The summed E-state index contributed by atoms with van der Waals surface area (Å²) in [5.74, 6) is -1.19. The number of carboxylic acids is 1. The van der Waals surface area contributed by atoms with Crippen LogP contribution in [0.4, 0.5) is 0 Å². The molecule has 1 fully saturated rings. The molecule has 2 heterocycles. The van der Waals surface area contributed by atoms with Gasteiger partial charge in [0.1, 0.15) is 5.54 Å². The van der Waals surface area contributed by atoms with Crippen molar-refractivity contribution < 1.29 is 14.7 Å². The Hall–Kier alpha value is -2.57. The number of carbonyl (C=O) groups is 2. The quantitative estimate of drug-likeness (QED) is 0.856. The molecule has 0 aliphatic carbocycles. The van der Waals surface area contributed by atoms with E-state index in [1.54, 1.807) is 16.1 Å². The smallest absolute Gasteiger partial charge is 0.329 e. The standard InChI is InChI=1S/C19H25N3O4/c1-3-11-20-14-7-4-5-8-15(14)21(18(20)26)13-9-16(23)22-12-6-10-19(22,2)17(24)25/h4-5,7-8H,3,6,9-13H2,1-2H3,(H,24,25). The first-order chi connectivity index (χ1) is 12.4. The maximum absolute atomic E-state index is 12.8. The predicted octanol–water partition coefficient (Wildman–Crippen LogP) is 2.07. The lowest BCUT2D eigenvalue weighted by Crippen LogP contribution is -2.51. The minimum atomic E-state index is -1.14. The van der Waals surface area contributed by atoms with Crippen molar-refractivity contribution in [3.8, 4) is 0 Å². The van der Waals surface area contributed by atoms with Crippen LogP contribution in [0, 0.1) is 0 Å². The highest BCUT2D eigenvalue weighted by Crippen LogP contribution is 2.30. The van der Waals surface area contributed by atoms with Gasteiger partial charge >= 0.3 is 11.7 Å². The van der Waals surface area contributed by atoms with Gasteiger partial charge < -0.3 is 10.0 Å². The van der Waals surface area contributed by atoms with Crippen LogP contribution in [0.15, 0.2) is 29.1 Å². The van der Waals surface area contributed by atoms with Crippen molar-refractivity contribution in [2.45, 2.75) is 58.2 Å². The van der Waals surface area contributed by atoms with Gasteiger partial charge in [-0.05, 0) is 38.3 Å². The highest BCUT2D eigenvalue weighted by Gasteiger charge is 2.45. The number of rotatable bonds is 6. The second-order valence-corrected chi connectivity index (χ2v) is 7.05. The summed E-state index contributed by atoms with van der Waals surface area (Å²) in [6, 6.07) is 7.56. The van der Waals surface area contributed by atoms with E-state index in [4.69, 9.17) is 0 Å². The van der Waals surface area contributed by atoms with Crippen LogP contribution >= 0.6 is 0 Å². The van der Waals surface area contributed by atoms with Crippen molar-refractivity contribution in [2.24, 2.45) is 0 Å². The Kier molecular flexibility index (Phi) is 4.89. The fourth-order valence-electron chi connectivity index (χ4n) is 3.86. The Bertz CT molecular complexity index is 898. The van der Waals surface area contributed by atoms with Gasteiger partial charge in [0.25, 0.3) is 0 Å². The summed E-state index contributed by atoms with van der Waals surface area (Å²) in [6.45, 7) is 4.94. The number of aryl methyl sites for hydroxylation is 2. The molecule has 0 bridgehead atoms. The molecule has 1 aromatic carbocycles. The maximum Gasteiger partial charge on any atom is 0.329 e. The molecule has 1 saturated heterocycles. The van der Waals surface area contributed by atoms with E-state index in [1.165, 1.54) is 4.90 Å². The number of nitrogens with zero attached hydrogens (tertiary/aromatic N) is 3. The van der Waals surface area contributed by atoms with E-state index in [0.29, 0.717) is 25.9 Å². The van der Waals surface area contributed by atoms with E-state index in [0.717, 1.165) is 17.5 Å². The van der Waals surface area contributed by atoms with Crippen LogP contribution in [0.2, 0.25) is 0 Å². The number of aromatic nitrogens is 2. The number of amides is 1. The molecule has 1 amide bonds. The van der Waals surface area contributed by atoms with E-state index < -0.39 is 11.5 Å². The van der Waals surface area contributed by atoms with E-state index in [-0.39, 0.29) is 24.6 Å². The molecule has 1 aromatic heterocycles. The number of benzene rings is 1. The third-order valence-electron chi connectivity index (χ3n) is 5.32. The second kappa shape index (κ2) is 6.97. The average Bonchev–Trinajstić information content (AvgIpc) is 3.14. The molecule has 26 heavy (non-hydrogen) atoms. The highest BCUT2D eigenvalue weighted by molar-refractivity contribution is 5.87. The summed E-state index contributed by atoms with van der Waals surface area (Å²) in [4.78, 5) is 38.4. The number of carboxylic acid groups (broad SMARTS) is 1. The van der Waals surface area contributed by atoms with Gasteiger partial charge in [-0.1, -0.05) is 19.1 Å². The summed E-state index contributed by atoms with van der Waals surface area (Å²) in [5.41, 5.74) is 0.408. The number of para-hydroxylation sites is 2. The molecule has 1 N–H and O–H groups in total. The third-order valence-corrected chi connectivity index (χ3v) is 5.32. The topological polar surface area (TPSA) is 84.5 Å². The van der Waals surface area contributed by atoms with Gasteiger partial charge in [0.15, 0.2) is 0 Å². The first kappa shape index (κ1) is 18.2. The van der Waals surface area contributed by atoms with E-state index in [9.17, 15) is 19.5 Å². The lowest BCUT2D eigenvalue weighted by atomic mass is 9.99. The Labute approximate surface area is 151 Å². The SMILES string of the molecule is CCCn1c(=O)n(CCC(=O)N2CCCC2(C)C(=O)O)c2ccccc21. The molecule has 1 aliphatic heterocycles. The number of fused-ring (bicyclic) bond motifs is 1. The molecule has 7 heteroatoms. The number of imidazole rings is 1. The van der Waals surface area contributed by atoms with Crippen LogP contribution in [-0.2, 0) is 22.7 Å². The van der Waals surface area contributed by atoms with Crippen molar-refractivity contribution in [1.82, 2.24) is 14.0 Å². The number of carbonyl (C=O) groups excluding carboxylic acids is 1. The van der Waals surface area contributed by atoms with Gasteiger partial charge in [-0.25, -0.2) is 9.59 Å². The third kappa shape index (κ3) is 2.91. The fourth-order valence-corrected chi connectivity index (χ4v) is 3.86. The Balaban J connectivity index is 1.84. The maximum atomic E-state index is 12.8. The molecule has 2 aromatic rings. The van der Waals surface area contributed by atoms with E-state index >= 15 is 0 Å². The zero-order valence-corrected chi connectivity index (χ0v) is 15.3. The number of hydrogen-bond acceptors (Lipinski definition) is 3. The molecule has 0 radical (unpaired) electrons. The zero-order valence-electron chi connectivity index (χ0n) is 15.3. The van der Waals surface area contributed by atoms with Crippen LogP contribution in [0.3, 0.4) is 0 Å². The summed E-state index contributed by atoms with van der Waals surface area (Å²) < 4.78 is 3.36. The molecule has 1 atom stereocenters. The van der Waals surface area contributed by atoms with Crippen molar-refractivity contribution >= 4 is 22.9 Å². The van der Waals surface area contributed by atoms with Gasteiger partial charge in [-0.3, -0.25) is 13.9 Å². The van der Waals surface area contributed by atoms with Gasteiger partial charge in [0.05, 0.1) is 11.0 Å². The van der Waals surface area contributed by atoms with E-state index in [1.807, 2.05) is 31.2 Å². The largest absolute Gasteiger partial charge is 0.480 e. The Morgan fingerprint density at radius 2 is 1.77 bits per heavy atom. The Morgan fingerprint density at radius 1 is 1.15 bits per heavy atom. The zero-order chi connectivity index (χ0) is 18.9. The van der Waals surface area contributed by atoms with Crippen LogP contribution in [0.1, 0.15) is 39.5 Å². The van der Waals surface area contributed by atoms with Crippen molar-refractivity contribution in [2.75, 3.05) is 6.54 Å². The normalized spacial score (nSPS) is 20.0. The fraction of sp³-hybridized carbons (Fsp3) is 0.526. The number of likely N-dealkylation sites (tertiary alicyclic amines) is 1. The molecular weight excluding hydrogens is 334 g/mol. The first-order valence-electron chi connectivity index (χ1n) is 9.12. The summed E-state index contributed by atoms with van der Waals surface area (Å²) in [5, 5.41) is 9.47. The molecule has 1 aliphatic rings. The van der Waals surface area contributed by atoms with E-state index in [2.05, 4.69) is 0 Å². The van der Waals surface area contributed by atoms with Crippen LogP contribution in [-0.4, -0.2) is 43.1 Å². The van der Waals surface area contributed by atoms with Crippen molar-refractivity contribution in [1.29, 1.82) is 0 Å². The molecule has 3 rings (SSSR count). The minimum absolute atomic E-state index is 0.114. The van der Waals surface area contributed by atoms with Crippen molar-refractivity contribution in [3.05, 3.63) is 34.7 Å². The summed E-state index contributed by atoms with van der Waals surface area (Å²) in [6.07, 6.45) is 2.11. The predicted molar refractivity (Wildman–Crippen MR) is 98.1 cm³/mol. The lowest BCUT2D eigenvalue weighted by Gasteiger charge is -2.31. The van der Waals surface area contributed by atoms with Gasteiger partial charge in [-0.2, -0.15) is 0 Å². The molecule has 0 spiro atoms. The molecule has 0 saturated carbocycles. The monoisotopic (exact) mass is 359 g/mol.